The molecule has 0 aliphatic rings. The topological polar surface area (TPSA) is 51.6 Å². The molecule has 0 aliphatic heterocycles. The average molecular weight is 195 g/mol. The molecule has 0 saturated heterocycles. The molecule has 0 aromatic carbocycles. The maximum atomic E-state index is 4.83. The van der Waals surface area contributed by atoms with E-state index in [1.54, 1.807) is 18.6 Å². The lowest BCUT2D eigenvalue weighted by atomic mass is 10.5. The second-order valence-corrected chi connectivity index (χ2v) is 3.59. The fraction of sp³-hybridized carbons (Fsp3) is 0. The summed E-state index contributed by atoms with van der Waals surface area (Å²) in [6.45, 7) is 0. The Labute approximate surface area is 78.1 Å². The Morgan fingerprint density at radius 3 is 2.75 bits per heavy atom. The van der Waals surface area contributed by atoms with E-state index in [0.717, 1.165) is 0 Å². The highest BCUT2D eigenvalue weighted by atomic mass is 32.2. The van der Waals surface area contributed by atoms with Crippen LogP contribution in [-0.2, 0) is 12.6 Å². The summed E-state index contributed by atoms with van der Waals surface area (Å²) in [6, 6.07) is 0. The molecular weight excluding hydrogens is 192 g/mol. The van der Waals surface area contributed by atoms with Crippen molar-refractivity contribution in [1.82, 2.24) is 20.2 Å². The van der Waals surface area contributed by atoms with E-state index in [0.29, 0.717) is 15.0 Å². The lowest BCUT2D eigenvalue weighted by molar-refractivity contribution is 1.01. The highest BCUT2D eigenvalue weighted by Gasteiger charge is 1.96. The van der Waals surface area contributed by atoms with Crippen LogP contribution in [0.4, 0.5) is 0 Å². The van der Waals surface area contributed by atoms with Crippen LogP contribution in [0.15, 0.2) is 22.9 Å². The molecule has 2 aromatic heterocycles. The Bertz CT molecular complexity index is 372. The molecule has 2 heterocycles. The van der Waals surface area contributed by atoms with E-state index >= 15 is 0 Å². The minimum atomic E-state index is 0.524. The molecule has 2 aromatic rings. The molecule has 12 heavy (non-hydrogen) atoms. The van der Waals surface area contributed by atoms with Gasteiger partial charge in [0, 0.05) is 12.4 Å². The van der Waals surface area contributed by atoms with Gasteiger partial charge in [0.1, 0.15) is 0 Å². The molecule has 0 spiro atoms. The van der Waals surface area contributed by atoms with Gasteiger partial charge in [0.05, 0.1) is 16.9 Å². The van der Waals surface area contributed by atoms with Crippen molar-refractivity contribution in [3.63, 3.8) is 0 Å². The molecular formula is C6H3N4S2-. The Hall–Kier alpha value is -1.14. The van der Waals surface area contributed by atoms with E-state index < -0.39 is 0 Å². The van der Waals surface area contributed by atoms with Crippen LogP contribution < -0.4 is 0 Å². The highest BCUT2D eigenvalue weighted by molar-refractivity contribution is 7.62. The van der Waals surface area contributed by atoms with Gasteiger partial charge in [-0.1, -0.05) is 0 Å². The first-order chi connectivity index (χ1) is 5.86. The SMILES string of the molecule is [S-]c1nnc(-c2cnccn2)s1. The van der Waals surface area contributed by atoms with Gasteiger partial charge in [0.25, 0.3) is 0 Å². The number of rotatable bonds is 1. The van der Waals surface area contributed by atoms with Crippen LogP contribution in [0.5, 0.6) is 0 Å². The van der Waals surface area contributed by atoms with Crippen LogP contribution in [0, 0.1) is 0 Å². The lowest BCUT2D eigenvalue weighted by Gasteiger charge is -1.94. The summed E-state index contributed by atoms with van der Waals surface area (Å²) in [7, 11) is 0. The standard InChI is InChI=1S/C6H4N4S2/c11-6-10-9-5(12-6)4-3-7-1-2-8-4/h1-3H,(H,10,11)/p-1. The van der Waals surface area contributed by atoms with E-state index in [1.807, 2.05) is 0 Å². The van der Waals surface area contributed by atoms with Gasteiger partial charge >= 0.3 is 0 Å². The number of hydrogen-bond donors (Lipinski definition) is 0. The van der Waals surface area contributed by atoms with Gasteiger partial charge in [0.2, 0.25) is 0 Å². The van der Waals surface area contributed by atoms with Gasteiger partial charge in [-0.05, 0) is 4.34 Å². The minimum Gasteiger partial charge on any atom is -0.406 e. The van der Waals surface area contributed by atoms with Crippen LogP contribution in [0.3, 0.4) is 0 Å². The molecule has 0 amide bonds. The largest absolute Gasteiger partial charge is 0.406 e. The van der Waals surface area contributed by atoms with Crippen molar-refractivity contribution < 1.29 is 0 Å². The summed E-state index contributed by atoms with van der Waals surface area (Å²) in [6.07, 6.45) is 4.86. The number of nitrogens with zero attached hydrogens (tertiary/aromatic N) is 4. The zero-order valence-electron chi connectivity index (χ0n) is 5.84. The number of aromatic nitrogens is 4. The third kappa shape index (κ3) is 1.39. The molecule has 2 rings (SSSR count). The van der Waals surface area contributed by atoms with Crippen molar-refractivity contribution in [3.05, 3.63) is 18.6 Å². The van der Waals surface area contributed by atoms with E-state index in [1.165, 1.54) is 11.3 Å². The fourth-order valence-electron chi connectivity index (χ4n) is 0.723. The number of hydrogen-bond acceptors (Lipinski definition) is 6. The first-order valence-corrected chi connectivity index (χ1v) is 4.35. The molecule has 60 valence electrons. The second kappa shape index (κ2) is 3.08. The molecule has 0 aliphatic carbocycles. The molecule has 0 unspecified atom stereocenters. The van der Waals surface area contributed by atoms with E-state index in [2.05, 4.69) is 20.2 Å². The third-order valence-electron chi connectivity index (χ3n) is 1.19. The van der Waals surface area contributed by atoms with E-state index in [4.69, 9.17) is 12.6 Å². The van der Waals surface area contributed by atoms with Gasteiger partial charge in [-0.15, -0.1) is 0 Å². The summed E-state index contributed by atoms with van der Waals surface area (Å²) in [5, 5.41) is 8.27. The van der Waals surface area contributed by atoms with Crippen molar-refractivity contribution in [2.45, 2.75) is 4.34 Å². The Morgan fingerprint density at radius 2 is 2.17 bits per heavy atom. The van der Waals surface area contributed by atoms with E-state index in [-0.39, 0.29) is 0 Å². The molecule has 6 heteroatoms. The summed E-state index contributed by atoms with van der Waals surface area (Å²) < 4.78 is 0.524. The van der Waals surface area contributed by atoms with Crippen LogP contribution in [0.25, 0.3) is 10.7 Å². The van der Waals surface area contributed by atoms with Gasteiger partial charge in [0.15, 0.2) is 0 Å². The summed E-state index contributed by atoms with van der Waals surface area (Å²) in [5.41, 5.74) is 0.714. The molecule has 0 saturated carbocycles. The van der Waals surface area contributed by atoms with Crippen molar-refractivity contribution in [2.24, 2.45) is 0 Å². The highest BCUT2D eigenvalue weighted by Crippen LogP contribution is 2.19. The van der Waals surface area contributed by atoms with Crippen LogP contribution in [-0.4, -0.2) is 20.2 Å². The molecule has 4 nitrogen and oxygen atoms in total. The Kier molecular flexibility index (Phi) is 1.92. The predicted octanol–water partition coefficient (Wildman–Crippen LogP) is 0.901. The molecule has 0 radical (unpaired) electrons. The van der Waals surface area contributed by atoms with Gasteiger partial charge in [-0.25, -0.2) is 0 Å². The van der Waals surface area contributed by atoms with Crippen LogP contribution >= 0.6 is 11.3 Å². The summed E-state index contributed by atoms with van der Waals surface area (Å²) in [5.74, 6) is 0. The molecule has 0 fully saturated rings. The summed E-state index contributed by atoms with van der Waals surface area (Å²) >= 11 is 6.16. The van der Waals surface area contributed by atoms with Crippen molar-refractivity contribution in [3.8, 4) is 10.7 Å². The Balaban J connectivity index is 2.45. The van der Waals surface area contributed by atoms with Crippen LogP contribution in [0.2, 0.25) is 0 Å². The summed E-state index contributed by atoms with van der Waals surface area (Å²) in [4.78, 5) is 7.97. The van der Waals surface area contributed by atoms with Crippen molar-refractivity contribution >= 4 is 24.0 Å². The zero-order chi connectivity index (χ0) is 8.39. The minimum absolute atomic E-state index is 0.524. The van der Waals surface area contributed by atoms with Crippen molar-refractivity contribution in [2.75, 3.05) is 0 Å². The smallest absolute Gasteiger partial charge is 0.0997 e. The first kappa shape index (κ1) is 7.51. The molecule has 0 atom stereocenters. The lowest BCUT2D eigenvalue weighted by Crippen LogP contribution is -1.82. The monoisotopic (exact) mass is 195 g/mol. The normalized spacial score (nSPS) is 10.0. The molecule has 0 N–H and O–H groups in total. The van der Waals surface area contributed by atoms with Gasteiger partial charge < -0.3 is 24.0 Å². The van der Waals surface area contributed by atoms with E-state index in [9.17, 15) is 0 Å². The Morgan fingerprint density at radius 1 is 1.25 bits per heavy atom. The average Bonchev–Trinajstić information content (AvgIpc) is 2.54. The first-order valence-electron chi connectivity index (χ1n) is 3.13. The maximum absolute atomic E-state index is 4.83. The maximum Gasteiger partial charge on any atom is 0.0997 e. The van der Waals surface area contributed by atoms with Gasteiger partial charge in [-0.2, -0.15) is 10.2 Å². The second-order valence-electron chi connectivity index (χ2n) is 1.96. The quantitative estimate of drug-likeness (QED) is 0.633. The van der Waals surface area contributed by atoms with Crippen molar-refractivity contribution in [1.29, 1.82) is 0 Å². The molecule has 0 bridgehead atoms. The zero-order valence-corrected chi connectivity index (χ0v) is 7.47. The van der Waals surface area contributed by atoms with Gasteiger partial charge in [-0.3, -0.25) is 9.97 Å². The van der Waals surface area contributed by atoms with Crippen LogP contribution in [0.1, 0.15) is 0 Å². The third-order valence-corrected chi connectivity index (χ3v) is 2.26. The fourth-order valence-corrected chi connectivity index (χ4v) is 1.54. The predicted molar refractivity (Wildman–Crippen MR) is 46.6 cm³/mol.